The molecule has 2 rings (SSSR count). The van der Waals surface area contributed by atoms with Crippen molar-refractivity contribution in [3.63, 3.8) is 0 Å². The van der Waals surface area contributed by atoms with Gasteiger partial charge in [0.1, 0.15) is 12.2 Å². The van der Waals surface area contributed by atoms with Crippen LogP contribution in [0.1, 0.15) is 21.7 Å². The summed E-state index contributed by atoms with van der Waals surface area (Å²) in [4.78, 5) is 15.9. The number of aromatic amines is 1. The molecule has 0 unspecified atom stereocenters. The summed E-state index contributed by atoms with van der Waals surface area (Å²) in [5, 5.41) is 9.13. The molecule has 0 spiro atoms. The van der Waals surface area contributed by atoms with Crippen molar-refractivity contribution >= 4 is 11.6 Å². The highest BCUT2D eigenvalue weighted by Gasteiger charge is 2.09. The van der Waals surface area contributed by atoms with Crippen LogP contribution in [-0.4, -0.2) is 21.1 Å². The third-order valence-electron chi connectivity index (χ3n) is 2.52. The van der Waals surface area contributed by atoms with Crippen LogP contribution in [0.2, 0.25) is 0 Å². The largest absolute Gasteiger partial charge is 0.345 e. The highest BCUT2D eigenvalue weighted by atomic mass is 16.1. The zero-order valence-electron chi connectivity index (χ0n) is 9.90. The zero-order chi connectivity index (χ0) is 13.0. The van der Waals surface area contributed by atoms with Crippen molar-refractivity contribution in [3.05, 3.63) is 41.5 Å². The van der Waals surface area contributed by atoms with Gasteiger partial charge in [0.05, 0.1) is 6.54 Å². The second-order valence-electron chi connectivity index (χ2n) is 3.79. The minimum absolute atomic E-state index is 0.160. The van der Waals surface area contributed by atoms with E-state index >= 15 is 0 Å². The van der Waals surface area contributed by atoms with Crippen LogP contribution in [0.5, 0.6) is 0 Å². The maximum absolute atomic E-state index is 11.9. The Labute approximate surface area is 104 Å². The number of hydrazine groups is 1. The molecule has 0 aliphatic heterocycles. The molecule has 7 heteroatoms. The lowest BCUT2D eigenvalue weighted by molar-refractivity contribution is 0.0949. The molecule has 1 aromatic heterocycles. The van der Waals surface area contributed by atoms with Crippen LogP contribution < -0.4 is 16.6 Å². The lowest BCUT2D eigenvalue weighted by Crippen LogP contribution is -2.24. The Morgan fingerprint density at radius 2 is 2.33 bits per heavy atom. The van der Waals surface area contributed by atoms with E-state index in [1.54, 1.807) is 12.1 Å². The standard InChI is InChI=1S/C11H14N6O/c1-7-4-8(16-12)2-3-9(7)11(18)13-5-10-14-6-15-17-10/h2-4,6,16H,5,12H2,1H3,(H,13,18)(H,14,15,17). The van der Waals surface area contributed by atoms with Crippen LogP contribution in [0.4, 0.5) is 5.69 Å². The molecule has 0 atom stereocenters. The smallest absolute Gasteiger partial charge is 0.251 e. The lowest BCUT2D eigenvalue weighted by atomic mass is 10.1. The molecule has 1 amide bonds. The van der Waals surface area contributed by atoms with Crippen molar-refractivity contribution in [2.24, 2.45) is 5.84 Å². The second kappa shape index (κ2) is 5.28. The molecule has 7 nitrogen and oxygen atoms in total. The van der Waals surface area contributed by atoms with Gasteiger partial charge in [-0.25, -0.2) is 4.98 Å². The number of hydrogen-bond acceptors (Lipinski definition) is 5. The number of carbonyl (C=O) groups excluding carboxylic acids is 1. The van der Waals surface area contributed by atoms with E-state index < -0.39 is 0 Å². The van der Waals surface area contributed by atoms with Gasteiger partial charge in [-0.3, -0.25) is 15.7 Å². The van der Waals surface area contributed by atoms with Crippen molar-refractivity contribution in [1.82, 2.24) is 20.5 Å². The maximum atomic E-state index is 11.9. The molecule has 0 saturated carbocycles. The number of nitrogens with two attached hydrogens (primary N) is 1. The Morgan fingerprint density at radius 3 is 2.94 bits per heavy atom. The van der Waals surface area contributed by atoms with Gasteiger partial charge in [0.25, 0.3) is 5.91 Å². The van der Waals surface area contributed by atoms with E-state index in [9.17, 15) is 4.79 Å². The van der Waals surface area contributed by atoms with E-state index in [4.69, 9.17) is 5.84 Å². The van der Waals surface area contributed by atoms with E-state index in [1.807, 2.05) is 13.0 Å². The molecule has 0 fully saturated rings. The van der Waals surface area contributed by atoms with Gasteiger partial charge in [-0.1, -0.05) is 0 Å². The number of aryl methyl sites for hydroxylation is 1. The monoisotopic (exact) mass is 246 g/mol. The van der Waals surface area contributed by atoms with Crippen LogP contribution in [0.15, 0.2) is 24.5 Å². The van der Waals surface area contributed by atoms with Crippen LogP contribution in [-0.2, 0) is 6.54 Å². The number of anilines is 1. The highest BCUT2D eigenvalue weighted by Crippen LogP contribution is 2.14. The Morgan fingerprint density at radius 1 is 1.50 bits per heavy atom. The number of hydrogen-bond donors (Lipinski definition) is 4. The fourth-order valence-corrected chi connectivity index (χ4v) is 1.58. The number of amides is 1. The Balaban J connectivity index is 2.04. The summed E-state index contributed by atoms with van der Waals surface area (Å²) >= 11 is 0. The number of rotatable bonds is 4. The quantitative estimate of drug-likeness (QED) is 0.459. The van der Waals surface area contributed by atoms with Gasteiger partial charge in [0, 0.05) is 11.3 Å². The lowest BCUT2D eigenvalue weighted by Gasteiger charge is -2.08. The molecular formula is C11H14N6O. The van der Waals surface area contributed by atoms with Gasteiger partial charge >= 0.3 is 0 Å². The van der Waals surface area contributed by atoms with Gasteiger partial charge < -0.3 is 10.7 Å². The summed E-state index contributed by atoms with van der Waals surface area (Å²) in [6, 6.07) is 5.28. The summed E-state index contributed by atoms with van der Waals surface area (Å²) in [6.45, 7) is 2.17. The number of H-pyrrole nitrogens is 1. The molecule has 0 bridgehead atoms. The predicted molar refractivity (Wildman–Crippen MR) is 66.5 cm³/mol. The molecule has 1 aromatic carbocycles. The first kappa shape index (κ1) is 12.1. The third-order valence-corrected chi connectivity index (χ3v) is 2.52. The highest BCUT2D eigenvalue weighted by molar-refractivity contribution is 5.95. The summed E-state index contributed by atoms with van der Waals surface area (Å²) in [6.07, 6.45) is 1.40. The van der Waals surface area contributed by atoms with E-state index in [2.05, 4.69) is 25.9 Å². The van der Waals surface area contributed by atoms with Crippen molar-refractivity contribution in [3.8, 4) is 0 Å². The van der Waals surface area contributed by atoms with Crippen LogP contribution in [0.3, 0.4) is 0 Å². The summed E-state index contributed by atoms with van der Waals surface area (Å²) in [5.74, 6) is 5.75. The fourth-order valence-electron chi connectivity index (χ4n) is 1.58. The molecule has 1 heterocycles. The van der Waals surface area contributed by atoms with Gasteiger partial charge in [-0.05, 0) is 30.7 Å². The minimum atomic E-state index is -0.160. The van der Waals surface area contributed by atoms with Crippen molar-refractivity contribution < 1.29 is 4.79 Å². The first-order valence-corrected chi connectivity index (χ1v) is 5.40. The van der Waals surface area contributed by atoms with Crippen LogP contribution in [0.25, 0.3) is 0 Å². The molecule has 0 aliphatic rings. The van der Waals surface area contributed by atoms with Gasteiger partial charge in [0.15, 0.2) is 0 Å². The molecule has 18 heavy (non-hydrogen) atoms. The Bertz CT molecular complexity index is 536. The molecule has 5 N–H and O–H groups in total. The number of benzene rings is 1. The summed E-state index contributed by atoms with van der Waals surface area (Å²) in [5.41, 5.74) is 4.75. The Kier molecular flexibility index (Phi) is 3.54. The molecule has 0 radical (unpaired) electrons. The van der Waals surface area contributed by atoms with Gasteiger partial charge in [0.2, 0.25) is 0 Å². The predicted octanol–water partition coefficient (Wildman–Crippen LogP) is 0.329. The number of carbonyl (C=O) groups is 1. The first-order valence-electron chi connectivity index (χ1n) is 5.40. The molecule has 0 aliphatic carbocycles. The normalized spacial score (nSPS) is 10.1. The molecule has 2 aromatic rings. The topological polar surface area (TPSA) is 109 Å². The Hall–Kier alpha value is -2.41. The van der Waals surface area contributed by atoms with E-state index in [0.29, 0.717) is 17.9 Å². The zero-order valence-corrected chi connectivity index (χ0v) is 9.90. The van der Waals surface area contributed by atoms with Gasteiger partial charge in [-0.15, -0.1) is 0 Å². The number of nitrogen functional groups attached to an aromatic ring is 1. The average Bonchev–Trinajstić information content (AvgIpc) is 2.88. The average molecular weight is 246 g/mol. The first-order chi connectivity index (χ1) is 8.70. The van der Waals surface area contributed by atoms with Crippen molar-refractivity contribution in [2.45, 2.75) is 13.5 Å². The van der Waals surface area contributed by atoms with Crippen molar-refractivity contribution in [2.75, 3.05) is 5.43 Å². The molecule has 94 valence electrons. The third kappa shape index (κ3) is 2.64. The summed E-state index contributed by atoms with van der Waals surface area (Å²) < 4.78 is 0. The maximum Gasteiger partial charge on any atom is 0.251 e. The van der Waals surface area contributed by atoms with Crippen LogP contribution in [0, 0.1) is 6.92 Å². The molecular weight excluding hydrogens is 232 g/mol. The summed E-state index contributed by atoms with van der Waals surface area (Å²) in [7, 11) is 0. The van der Waals surface area contributed by atoms with E-state index in [-0.39, 0.29) is 5.91 Å². The van der Waals surface area contributed by atoms with Gasteiger partial charge in [-0.2, -0.15) is 5.10 Å². The SMILES string of the molecule is Cc1cc(NN)ccc1C(=O)NCc1ncn[nH]1. The minimum Gasteiger partial charge on any atom is -0.345 e. The number of nitrogens with one attached hydrogen (secondary N) is 3. The van der Waals surface area contributed by atoms with Crippen LogP contribution >= 0.6 is 0 Å². The van der Waals surface area contributed by atoms with E-state index in [1.165, 1.54) is 6.33 Å². The number of nitrogens with zero attached hydrogens (tertiary/aromatic N) is 2. The van der Waals surface area contributed by atoms with E-state index in [0.717, 1.165) is 11.3 Å². The number of aromatic nitrogens is 3. The molecule has 0 saturated heterocycles. The fraction of sp³-hybridized carbons (Fsp3) is 0.182. The van der Waals surface area contributed by atoms with Crippen molar-refractivity contribution in [1.29, 1.82) is 0 Å². The second-order valence-corrected chi connectivity index (χ2v) is 3.79.